The van der Waals surface area contributed by atoms with Gasteiger partial charge in [-0.15, -0.1) is 0 Å². The van der Waals surface area contributed by atoms with E-state index in [1.165, 1.54) is 0 Å². The Morgan fingerprint density at radius 2 is 2.00 bits per heavy atom. The predicted octanol–water partition coefficient (Wildman–Crippen LogP) is -0.0261. The molecule has 1 atom stereocenters. The van der Waals surface area contributed by atoms with Gasteiger partial charge < -0.3 is 15.5 Å². The molecule has 4 nitrogen and oxygen atoms in total. The highest BCUT2D eigenvalue weighted by molar-refractivity contribution is 5.67. The van der Waals surface area contributed by atoms with E-state index >= 15 is 0 Å². The third-order valence-corrected chi connectivity index (χ3v) is 1.12. The van der Waals surface area contributed by atoms with E-state index in [0.717, 1.165) is 0 Å². The van der Waals surface area contributed by atoms with Gasteiger partial charge in [-0.3, -0.25) is 4.79 Å². The van der Waals surface area contributed by atoms with Crippen LogP contribution < -0.4 is 5.32 Å². The van der Waals surface area contributed by atoms with Crippen LogP contribution in [0.1, 0.15) is 6.42 Å². The molecule has 0 aromatic heterocycles. The number of rotatable bonds is 5. The number of carboxylic acids is 1. The van der Waals surface area contributed by atoms with E-state index in [9.17, 15) is 18.0 Å². The van der Waals surface area contributed by atoms with Crippen LogP contribution in [0.4, 0.5) is 13.2 Å². The molecule has 78 valence electrons. The molecule has 0 aromatic rings. The third-order valence-electron chi connectivity index (χ3n) is 1.12. The largest absolute Gasteiger partial charge is 0.481 e. The lowest BCUT2D eigenvalue weighted by Gasteiger charge is -2.11. The Kier molecular flexibility index (Phi) is 4.71. The molecular formula is C6H10F3NO3. The average molecular weight is 201 g/mol. The molecule has 3 N–H and O–H groups in total. The van der Waals surface area contributed by atoms with Crippen molar-refractivity contribution < 1.29 is 28.2 Å². The summed E-state index contributed by atoms with van der Waals surface area (Å²) in [6.07, 6.45) is -6.20. The highest BCUT2D eigenvalue weighted by Gasteiger charge is 2.26. The number of aliphatic hydroxyl groups excluding tert-OH is 1. The zero-order valence-electron chi connectivity index (χ0n) is 6.64. The summed E-state index contributed by atoms with van der Waals surface area (Å²) in [5.74, 6) is -1.25. The SMILES string of the molecule is O=C(O)CC(O)CNCC(F)(F)F. The van der Waals surface area contributed by atoms with Crippen molar-refractivity contribution in [2.75, 3.05) is 13.1 Å². The van der Waals surface area contributed by atoms with E-state index in [1.54, 1.807) is 0 Å². The number of hydrogen-bond acceptors (Lipinski definition) is 3. The average Bonchev–Trinajstić information content (AvgIpc) is 1.81. The van der Waals surface area contributed by atoms with E-state index in [2.05, 4.69) is 0 Å². The molecule has 0 saturated carbocycles. The Hall–Kier alpha value is -0.820. The van der Waals surface area contributed by atoms with Crippen molar-refractivity contribution in [1.82, 2.24) is 5.32 Å². The topological polar surface area (TPSA) is 69.6 Å². The lowest BCUT2D eigenvalue weighted by molar-refractivity contribution is -0.139. The van der Waals surface area contributed by atoms with Gasteiger partial charge in [-0.2, -0.15) is 13.2 Å². The van der Waals surface area contributed by atoms with Crippen molar-refractivity contribution in [2.45, 2.75) is 18.7 Å². The highest BCUT2D eigenvalue weighted by atomic mass is 19.4. The number of carbonyl (C=O) groups is 1. The fourth-order valence-electron chi connectivity index (χ4n) is 0.654. The van der Waals surface area contributed by atoms with Crippen LogP contribution in [0.25, 0.3) is 0 Å². The predicted molar refractivity (Wildman–Crippen MR) is 37.2 cm³/mol. The fourth-order valence-corrected chi connectivity index (χ4v) is 0.654. The first-order chi connectivity index (χ1) is 5.81. The molecule has 0 aromatic carbocycles. The Labute approximate surface area is 72.4 Å². The standard InChI is InChI=1S/C6H10F3NO3/c7-6(8,9)3-10-2-4(11)1-5(12)13/h4,10-11H,1-3H2,(H,12,13). The Morgan fingerprint density at radius 3 is 2.38 bits per heavy atom. The van der Waals surface area contributed by atoms with Gasteiger partial charge in [0.05, 0.1) is 19.1 Å². The van der Waals surface area contributed by atoms with Crippen molar-refractivity contribution in [1.29, 1.82) is 0 Å². The summed E-state index contributed by atoms with van der Waals surface area (Å²) in [7, 11) is 0. The molecule has 0 aliphatic carbocycles. The van der Waals surface area contributed by atoms with Crippen molar-refractivity contribution >= 4 is 5.97 Å². The first kappa shape index (κ1) is 12.2. The minimum Gasteiger partial charge on any atom is -0.481 e. The third kappa shape index (κ3) is 9.09. The molecular weight excluding hydrogens is 191 g/mol. The van der Waals surface area contributed by atoms with Gasteiger partial charge in [0.15, 0.2) is 0 Å². The second-order valence-electron chi connectivity index (χ2n) is 2.50. The molecule has 0 saturated heterocycles. The molecule has 0 heterocycles. The van der Waals surface area contributed by atoms with Crippen LogP contribution >= 0.6 is 0 Å². The summed E-state index contributed by atoms with van der Waals surface area (Å²) in [5, 5.41) is 18.8. The van der Waals surface area contributed by atoms with Gasteiger partial charge in [0.25, 0.3) is 0 Å². The van der Waals surface area contributed by atoms with Crippen LogP contribution in [0.2, 0.25) is 0 Å². The van der Waals surface area contributed by atoms with Crippen LogP contribution in [-0.2, 0) is 4.79 Å². The van der Waals surface area contributed by atoms with Crippen LogP contribution in [0.15, 0.2) is 0 Å². The molecule has 0 aliphatic rings. The number of aliphatic carboxylic acids is 1. The molecule has 0 amide bonds. The van der Waals surface area contributed by atoms with E-state index in [-0.39, 0.29) is 6.54 Å². The van der Waals surface area contributed by atoms with Gasteiger partial charge in [-0.05, 0) is 0 Å². The number of alkyl halides is 3. The van der Waals surface area contributed by atoms with Crippen LogP contribution in [0.3, 0.4) is 0 Å². The van der Waals surface area contributed by atoms with Crippen LogP contribution in [0, 0.1) is 0 Å². The minimum atomic E-state index is -4.34. The Balaban J connectivity index is 3.48. The second kappa shape index (κ2) is 5.03. The molecule has 0 bridgehead atoms. The van der Waals surface area contributed by atoms with E-state index in [1.807, 2.05) is 5.32 Å². The lowest BCUT2D eigenvalue weighted by Crippen LogP contribution is -2.35. The van der Waals surface area contributed by atoms with Gasteiger partial charge in [-0.25, -0.2) is 0 Å². The summed E-state index contributed by atoms with van der Waals surface area (Å²) in [6.45, 7) is -1.62. The highest BCUT2D eigenvalue weighted by Crippen LogP contribution is 2.11. The van der Waals surface area contributed by atoms with E-state index in [0.29, 0.717) is 0 Å². The lowest BCUT2D eigenvalue weighted by atomic mass is 10.2. The number of nitrogens with one attached hydrogen (secondary N) is 1. The molecule has 7 heteroatoms. The summed E-state index contributed by atoms with van der Waals surface area (Å²) >= 11 is 0. The van der Waals surface area contributed by atoms with Gasteiger partial charge >= 0.3 is 12.1 Å². The number of hydrogen-bond donors (Lipinski definition) is 3. The smallest absolute Gasteiger partial charge is 0.401 e. The monoisotopic (exact) mass is 201 g/mol. The summed E-state index contributed by atoms with van der Waals surface area (Å²) in [5.41, 5.74) is 0. The molecule has 0 aliphatic heterocycles. The normalized spacial score (nSPS) is 14.2. The fraction of sp³-hybridized carbons (Fsp3) is 0.833. The van der Waals surface area contributed by atoms with Crippen molar-refractivity contribution in [3.8, 4) is 0 Å². The first-order valence-electron chi connectivity index (χ1n) is 3.48. The maximum absolute atomic E-state index is 11.5. The zero-order valence-corrected chi connectivity index (χ0v) is 6.64. The molecule has 0 radical (unpaired) electrons. The van der Waals surface area contributed by atoms with Crippen molar-refractivity contribution in [2.24, 2.45) is 0 Å². The minimum absolute atomic E-state index is 0.383. The van der Waals surface area contributed by atoms with Gasteiger partial charge in [0.1, 0.15) is 0 Å². The number of carboxylic acid groups (broad SMARTS) is 1. The number of aliphatic hydroxyl groups is 1. The van der Waals surface area contributed by atoms with Crippen molar-refractivity contribution in [3.05, 3.63) is 0 Å². The Morgan fingerprint density at radius 1 is 1.46 bits per heavy atom. The molecule has 1 unspecified atom stereocenters. The summed E-state index contributed by atoms with van der Waals surface area (Å²) in [6, 6.07) is 0. The first-order valence-corrected chi connectivity index (χ1v) is 3.48. The zero-order chi connectivity index (χ0) is 10.5. The molecule has 13 heavy (non-hydrogen) atoms. The molecule has 0 fully saturated rings. The summed E-state index contributed by atoms with van der Waals surface area (Å²) < 4.78 is 34.5. The van der Waals surface area contributed by atoms with Crippen LogP contribution in [0.5, 0.6) is 0 Å². The van der Waals surface area contributed by atoms with Gasteiger partial charge in [0.2, 0.25) is 0 Å². The van der Waals surface area contributed by atoms with Gasteiger partial charge in [0, 0.05) is 6.54 Å². The van der Waals surface area contributed by atoms with E-state index in [4.69, 9.17) is 10.2 Å². The maximum Gasteiger partial charge on any atom is 0.401 e. The van der Waals surface area contributed by atoms with Gasteiger partial charge in [-0.1, -0.05) is 0 Å². The Bertz CT molecular complexity index is 171. The van der Waals surface area contributed by atoms with Crippen molar-refractivity contribution in [3.63, 3.8) is 0 Å². The maximum atomic E-state index is 11.5. The quantitative estimate of drug-likeness (QED) is 0.584. The molecule has 0 spiro atoms. The second-order valence-corrected chi connectivity index (χ2v) is 2.50. The van der Waals surface area contributed by atoms with E-state index < -0.39 is 31.2 Å². The molecule has 0 rings (SSSR count). The number of halogens is 3. The van der Waals surface area contributed by atoms with Crippen LogP contribution in [-0.4, -0.2) is 41.6 Å². The summed E-state index contributed by atoms with van der Waals surface area (Å²) in [4.78, 5) is 9.96.